The van der Waals surface area contributed by atoms with E-state index in [2.05, 4.69) is 173 Å². The molecule has 0 aliphatic rings. The first-order valence-electron chi connectivity index (χ1n) is 15.7. The summed E-state index contributed by atoms with van der Waals surface area (Å²) >= 11 is 0. The van der Waals surface area contributed by atoms with Gasteiger partial charge in [-0.05, 0) is 76.9 Å². The van der Waals surface area contributed by atoms with E-state index in [-0.39, 0.29) is 0 Å². The standard InChI is InChI=1S/C43H27N3/c1-2-15-33(16-3-1)45-41-22-7-5-20-38(41)44-43(45)32-14-9-13-30(26-32)28-11-8-12-29(25-28)31-23-24-40-37(27-31)36-19-10-18-35-34-17-4-6-21-39(34)46(40)42(35)36/h1-27H. The van der Waals surface area contributed by atoms with Crippen LogP contribution in [0.4, 0.5) is 0 Å². The van der Waals surface area contributed by atoms with Gasteiger partial charge in [-0.1, -0.05) is 109 Å². The van der Waals surface area contributed by atoms with E-state index in [1.54, 1.807) is 0 Å². The molecule has 3 heterocycles. The SMILES string of the molecule is c1ccc(-n2c(-c3cccc(-c4cccc(-c5ccc6c(c5)c5cccc7c8ccccc8n6c75)c4)c3)nc3ccccc32)cc1. The van der Waals surface area contributed by atoms with Crippen LogP contribution in [-0.4, -0.2) is 14.0 Å². The average Bonchev–Trinajstić information content (AvgIpc) is 3.79. The third-order valence-corrected chi connectivity index (χ3v) is 9.45. The summed E-state index contributed by atoms with van der Waals surface area (Å²) in [6.07, 6.45) is 0. The maximum atomic E-state index is 5.10. The van der Waals surface area contributed by atoms with Gasteiger partial charge in [0.1, 0.15) is 5.82 Å². The number of aromatic nitrogens is 3. The number of hydrogen-bond donors (Lipinski definition) is 0. The summed E-state index contributed by atoms with van der Waals surface area (Å²) in [6, 6.07) is 58.9. The molecule has 3 nitrogen and oxygen atoms in total. The van der Waals surface area contributed by atoms with Gasteiger partial charge in [-0.15, -0.1) is 0 Å². The summed E-state index contributed by atoms with van der Waals surface area (Å²) in [5.41, 5.74) is 12.9. The molecule has 10 rings (SSSR count). The molecule has 7 aromatic carbocycles. The number of hydrogen-bond acceptors (Lipinski definition) is 1. The first-order valence-corrected chi connectivity index (χ1v) is 15.7. The van der Waals surface area contributed by atoms with Crippen molar-refractivity contribution in [2.75, 3.05) is 0 Å². The molecule has 0 atom stereocenters. The van der Waals surface area contributed by atoms with Gasteiger partial charge in [0.25, 0.3) is 0 Å². The molecule has 0 amide bonds. The van der Waals surface area contributed by atoms with Gasteiger partial charge in [-0.3, -0.25) is 4.57 Å². The van der Waals surface area contributed by atoms with Gasteiger partial charge in [0.15, 0.2) is 0 Å². The molecule has 10 aromatic rings. The zero-order valence-corrected chi connectivity index (χ0v) is 24.9. The minimum absolute atomic E-state index is 0.939. The van der Waals surface area contributed by atoms with Crippen molar-refractivity contribution in [3.63, 3.8) is 0 Å². The zero-order valence-electron chi connectivity index (χ0n) is 24.9. The van der Waals surface area contributed by atoms with Crippen molar-refractivity contribution in [2.24, 2.45) is 0 Å². The van der Waals surface area contributed by atoms with Crippen LogP contribution in [0.2, 0.25) is 0 Å². The molecule has 0 unspecified atom stereocenters. The van der Waals surface area contributed by atoms with E-state index < -0.39 is 0 Å². The first-order chi connectivity index (χ1) is 22.8. The Balaban J connectivity index is 1.09. The van der Waals surface area contributed by atoms with Gasteiger partial charge >= 0.3 is 0 Å². The monoisotopic (exact) mass is 585 g/mol. The fourth-order valence-electron chi connectivity index (χ4n) is 7.39. The van der Waals surface area contributed by atoms with Gasteiger partial charge in [0, 0.05) is 32.8 Å². The normalized spacial score (nSPS) is 11.9. The molecule has 0 saturated carbocycles. The topological polar surface area (TPSA) is 22.2 Å². The third-order valence-electron chi connectivity index (χ3n) is 9.45. The van der Waals surface area contributed by atoms with E-state index in [0.29, 0.717) is 0 Å². The lowest BCUT2D eigenvalue weighted by Crippen LogP contribution is -1.97. The van der Waals surface area contributed by atoms with E-state index in [1.807, 2.05) is 0 Å². The Morgan fingerprint density at radius 3 is 1.74 bits per heavy atom. The van der Waals surface area contributed by atoms with Crippen molar-refractivity contribution in [1.29, 1.82) is 0 Å². The highest BCUT2D eigenvalue weighted by molar-refractivity contribution is 6.23. The molecule has 0 bridgehead atoms. The number of benzene rings is 7. The Labute approximate surface area is 265 Å². The highest BCUT2D eigenvalue weighted by atomic mass is 15.1. The Bertz CT molecular complexity index is 2750. The molecule has 214 valence electrons. The average molecular weight is 586 g/mol. The summed E-state index contributed by atoms with van der Waals surface area (Å²) in [7, 11) is 0. The summed E-state index contributed by atoms with van der Waals surface area (Å²) in [5, 5.41) is 5.21. The van der Waals surface area contributed by atoms with Crippen molar-refractivity contribution in [3.05, 3.63) is 164 Å². The fourth-order valence-corrected chi connectivity index (χ4v) is 7.39. The number of nitrogens with zero attached hydrogens (tertiary/aromatic N) is 3. The molecule has 0 fully saturated rings. The summed E-state index contributed by atoms with van der Waals surface area (Å²) < 4.78 is 4.69. The van der Waals surface area contributed by atoms with Crippen LogP contribution in [-0.2, 0) is 0 Å². The molecule has 3 aromatic heterocycles. The van der Waals surface area contributed by atoms with Gasteiger partial charge in [-0.2, -0.15) is 0 Å². The summed E-state index contributed by atoms with van der Waals surface area (Å²) in [6.45, 7) is 0. The van der Waals surface area contributed by atoms with Crippen molar-refractivity contribution in [1.82, 2.24) is 14.0 Å². The lowest BCUT2D eigenvalue weighted by Gasteiger charge is -2.11. The molecule has 0 radical (unpaired) electrons. The molecule has 0 aliphatic heterocycles. The third kappa shape index (κ3) is 3.63. The van der Waals surface area contributed by atoms with E-state index in [9.17, 15) is 0 Å². The minimum atomic E-state index is 0.939. The second kappa shape index (κ2) is 9.65. The van der Waals surface area contributed by atoms with Crippen LogP contribution in [0.1, 0.15) is 0 Å². The molecule has 46 heavy (non-hydrogen) atoms. The second-order valence-corrected chi connectivity index (χ2v) is 12.0. The van der Waals surface area contributed by atoms with Gasteiger partial charge in [0.05, 0.1) is 27.6 Å². The van der Waals surface area contributed by atoms with Crippen LogP contribution in [0.5, 0.6) is 0 Å². The van der Waals surface area contributed by atoms with Crippen molar-refractivity contribution in [3.8, 4) is 39.3 Å². The van der Waals surface area contributed by atoms with Crippen molar-refractivity contribution < 1.29 is 0 Å². The van der Waals surface area contributed by atoms with Crippen molar-refractivity contribution >= 4 is 49.1 Å². The highest BCUT2D eigenvalue weighted by Gasteiger charge is 2.18. The van der Waals surface area contributed by atoms with Crippen LogP contribution < -0.4 is 0 Å². The molecule has 0 N–H and O–H groups in total. The first kappa shape index (κ1) is 25.2. The predicted octanol–water partition coefficient (Wildman–Crippen LogP) is 11.2. The van der Waals surface area contributed by atoms with E-state index >= 15 is 0 Å². The zero-order chi connectivity index (χ0) is 30.2. The lowest BCUT2D eigenvalue weighted by molar-refractivity contribution is 1.10. The number of para-hydroxylation sites is 5. The molecule has 0 spiro atoms. The van der Waals surface area contributed by atoms with Crippen molar-refractivity contribution in [2.45, 2.75) is 0 Å². The van der Waals surface area contributed by atoms with Crippen LogP contribution in [0, 0.1) is 0 Å². The number of fused-ring (bicyclic) bond motifs is 7. The maximum absolute atomic E-state index is 5.10. The summed E-state index contributed by atoms with van der Waals surface area (Å²) in [5.74, 6) is 0.939. The molecule has 3 heteroatoms. The fraction of sp³-hybridized carbons (Fsp3) is 0. The van der Waals surface area contributed by atoms with E-state index in [0.717, 1.165) is 28.1 Å². The van der Waals surface area contributed by atoms with Gasteiger partial charge in [-0.25, -0.2) is 4.98 Å². The van der Waals surface area contributed by atoms with Gasteiger partial charge < -0.3 is 4.40 Å². The molecular weight excluding hydrogens is 558 g/mol. The Hall–Kier alpha value is -6.19. The Morgan fingerprint density at radius 1 is 0.370 bits per heavy atom. The lowest BCUT2D eigenvalue weighted by atomic mass is 9.97. The smallest absolute Gasteiger partial charge is 0.145 e. The summed E-state index contributed by atoms with van der Waals surface area (Å²) in [4.78, 5) is 5.10. The minimum Gasteiger partial charge on any atom is -0.308 e. The number of imidazole rings is 1. The quantitative estimate of drug-likeness (QED) is 0.201. The number of rotatable bonds is 4. The highest BCUT2D eigenvalue weighted by Crippen LogP contribution is 2.40. The Kier molecular flexibility index (Phi) is 5.28. The largest absolute Gasteiger partial charge is 0.308 e. The van der Waals surface area contributed by atoms with E-state index in [4.69, 9.17) is 4.98 Å². The van der Waals surface area contributed by atoms with E-state index in [1.165, 1.54) is 60.3 Å². The van der Waals surface area contributed by atoms with Gasteiger partial charge in [0.2, 0.25) is 0 Å². The Morgan fingerprint density at radius 2 is 0.935 bits per heavy atom. The predicted molar refractivity (Wildman–Crippen MR) is 192 cm³/mol. The van der Waals surface area contributed by atoms with Crippen LogP contribution in [0.3, 0.4) is 0 Å². The van der Waals surface area contributed by atoms with Crippen LogP contribution in [0.25, 0.3) is 88.5 Å². The van der Waals surface area contributed by atoms with Crippen LogP contribution in [0.15, 0.2) is 164 Å². The molecule has 0 aliphatic carbocycles. The van der Waals surface area contributed by atoms with Crippen LogP contribution >= 0.6 is 0 Å². The second-order valence-electron chi connectivity index (χ2n) is 12.0. The molecule has 0 saturated heterocycles. The maximum Gasteiger partial charge on any atom is 0.145 e. The molecular formula is C43H27N3.